The van der Waals surface area contributed by atoms with E-state index in [1.165, 1.54) is 6.42 Å². The van der Waals surface area contributed by atoms with Gasteiger partial charge in [0.2, 0.25) is 5.95 Å². The van der Waals surface area contributed by atoms with Crippen LogP contribution in [0.25, 0.3) is 22.4 Å². The molecule has 2 saturated heterocycles. The summed E-state index contributed by atoms with van der Waals surface area (Å²) in [6, 6.07) is 7.88. The highest BCUT2D eigenvalue weighted by atomic mass is 16.5. The molecule has 34 heavy (non-hydrogen) atoms. The monoisotopic (exact) mass is 460 g/mol. The standard InChI is InChI=1S/C24H28N8O2/c1-31-8-2-3-17(15-31)20-13-19-22(34-20)23(32-9-11-33-12-10-32)28-24(26-19)27-21-14-18(29-30-21)16-4-6-25-7-5-16/h4-7,13-14,17H,2-3,8-12,15H2,1H3,(H2,26,27,28,29,30). The third-order valence-corrected chi connectivity index (χ3v) is 6.51. The minimum Gasteiger partial charge on any atom is -0.455 e. The number of fused-ring (bicyclic) bond motifs is 1. The van der Waals surface area contributed by atoms with Gasteiger partial charge in [0.05, 0.1) is 18.9 Å². The van der Waals surface area contributed by atoms with Crippen molar-refractivity contribution in [3.05, 3.63) is 42.4 Å². The average Bonchev–Trinajstić information content (AvgIpc) is 3.52. The average molecular weight is 461 g/mol. The third-order valence-electron chi connectivity index (χ3n) is 6.51. The summed E-state index contributed by atoms with van der Waals surface area (Å²) in [6.45, 7) is 5.01. The molecule has 1 unspecified atom stereocenters. The number of piperidine rings is 1. The van der Waals surface area contributed by atoms with Gasteiger partial charge in [-0.1, -0.05) is 0 Å². The molecule has 2 fully saturated rings. The van der Waals surface area contributed by atoms with Gasteiger partial charge in [-0.25, -0.2) is 4.98 Å². The van der Waals surface area contributed by atoms with Gasteiger partial charge in [-0.05, 0) is 38.6 Å². The number of pyridine rings is 1. The molecule has 2 aliphatic heterocycles. The van der Waals surface area contributed by atoms with E-state index in [0.29, 0.717) is 25.1 Å². The van der Waals surface area contributed by atoms with Crippen molar-refractivity contribution in [2.45, 2.75) is 18.8 Å². The molecule has 0 saturated carbocycles. The van der Waals surface area contributed by atoms with Crippen LogP contribution in [0.2, 0.25) is 0 Å². The van der Waals surface area contributed by atoms with Crippen LogP contribution in [-0.2, 0) is 4.74 Å². The lowest BCUT2D eigenvalue weighted by Crippen LogP contribution is -2.37. The van der Waals surface area contributed by atoms with Crippen molar-refractivity contribution in [3.63, 3.8) is 0 Å². The zero-order valence-corrected chi connectivity index (χ0v) is 19.2. The number of nitrogens with one attached hydrogen (secondary N) is 2. The number of anilines is 3. The lowest BCUT2D eigenvalue weighted by atomic mass is 9.96. The third kappa shape index (κ3) is 4.22. The molecule has 4 aromatic rings. The molecule has 0 spiro atoms. The Labute approximate surface area is 197 Å². The fourth-order valence-corrected chi connectivity index (χ4v) is 4.76. The highest BCUT2D eigenvalue weighted by Crippen LogP contribution is 2.35. The van der Waals surface area contributed by atoms with E-state index in [9.17, 15) is 0 Å². The minimum absolute atomic E-state index is 0.373. The first-order valence-corrected chi connectivity index (χ1v) is 11.8. The van der Waals surface area contributed by atoms with E-state index in [1.54, 1.807) is 12.4 Å². The van der Waals surface area contributed by atoms with E-state index in [4.69, 9.17) is 19.1 Å². The maximum Gasteiger partial charge on any atom is 0.231 e. The second-order valence-electron chi connectivity index (χ2n) is 8.96. The first kappa shape index (κ1) is 21.1. The molecule has 0 bridgehead atoms. The van der Waals surface area contributed by atoms with Crippen LogP contribution in [-0.4, -0.2) is 76.5 Å². The second-order valence-corrected chi connectivity index (χ2v) is 8.96. The van der Waals surface area contributed by atoms with Crippen LogP contribution in [0, 0.1) is 0 Å². The maximum atomic E-state index is 6.42. The quantitative estimate of drug-likeness (QED) is 0.463. The van der Waals surface area contributed by atoms with Gasteiger partial charge in [-0.2, -0.15) is 10.1 Å². The summed E-state index contributed by atoms with van der Waals surface area (Å²) < 4.78 is 12.0. The zero-order valence-electron chi connectivity index (χ0n) is 19.2. The molecular weight excluding hydrogens is 432 g/mol. The molecule has 0 aliphatic carbocycles. The molecule has 1 atom stereocenters. The fraction of sp³-hybridized carbons (Fsp3) is 0.417. The van der Waals surface area contributed by atoms with Gasteiger partial charge in [-0.15, -0.1) is 0 Å². The number of likely N-dealkylation sites (N-methyl/N-ethyl adjacent to an activating group) is 1. The van der Waals surface area contributed by atoms with E-state index in [2.05, 4.69) is 43.4 Å². The lowest BCUT2D eigenvalue weighted by Gasteiger charge is -2.28. The Bertz CT molecular complexity index is 1260. The molecule has 6 rings (SSSR count). The summed E-state index contributed by atoms with van der Waals surface area (Å²) in [5.41, 5.74) is 3.38. The number of morpholine rings is 1. The first-order chi connectivity index (χ1) is 16.7. The molecule has 10 nitrogen and oxygen atoms in total. The van der Waals surface area contributed by atoms with Crippen molar-refractivity contribution in [1.82, 2.24) is 30.0 Å². The number of hydrogen-bond acceptors (Lipinski definition) is 9. The smallest absolute Gasteiger partial charge is 0.231 e. The Hall–Kier alpha value is -3.50. The van der Waals surface area contributed by atoms with Crippen LogP contribution in [0.4, 0.5) is 17.6 Å². The van der Waals surface area contributed by atoms with Crippen molar-refractivity contribution in [1.29, 1.82) is 0 Å². The fourth-order valence-electron chi connectivity index (χ4n) is 4.76. The minimum atomic E-state index is 0.373. The Balaban J connectivity index is 1.34. The molecule has 2 aliphatic rings. The molecular formula is C24H28N8O2. The Morgan fingerprint density at radius 1 is 1.09 bits per heavy atom. The van der Waals surface area contributed by atoms with Gasteiger partial charge in [0.1, 0.15) is 17.1 Å². The van der Waals surface area contributed by atoms with Crippen molar-refractivity contribution in [2.24, 2.45) is 0 Å². The number of aromatic nitrogens is 5. The highest BCUT2D eigenvalue weighted by molar-refractivity contribution is 5.86. The Kier molecular flexibility index (Phi) is 5.60. The van der Waals surface area contributed by atoms with Crippen LogP contribution >= 0.6 is 0 Å². The predicted molar refractivity (Wildman–Crippen MR) is 129 cm³/mol. The number of aromatic amines is 1. The Morgan fingerprint density at radius 2 is 1.94 bits per heavy atom. The Morgan fingerprint density at radius 3 is 2.76 bits per heavy atom. The number of hydrogen-bond donors (Lipinski definition) is 2. The molecule has 0 radical (unpaired) electrons. The topological polar surface area (TPSA) is 108 Å². The lowest BCUT2D eigenvalue weighted by molar-refractivity contribution is 0.122. The number of nitrogens with zero attached hydrogens (tertiary/aromatic N) is 6. The summed E-state index contributed by atoms with van der Waals surface area (Å²) in [4.78, 5) is 18.3. The van der Waals surface area contributed by atoms with Crippen LogP contribution in [0.3, 0.4) is 0 Å². The van der Waals surface area contributed by atoms with Gasteiger partial charge >= 0.3 is 0 Å². The van der Waals surface area contributed by atoms with Gasteiger partial charge in [0, 0.05) is 55.6 Å². The SMILES string of the molecule is CN1CCCC(c2cc3nc(Nc4cc(-c5ccncc5)n[nH]4)nc(N4CCOCC4)c3o2)C1. The van der Waals surface area contributed by atoms with Crippen molar-refractivity contribution < 1.29 is 9.15 Å². The number of likely N-dealkylation sites (tertiary alicyclic amines) is 1. The number of H-pyrrole nitrogens is 1. The van der Waals surface area contributed by atoms with E-state index >= 15 is 0 Å². The predicted octanol–water partition coefficient (Wildman–Crippen LogP) is 3.40. The van der Waals surface area contributed by atoms with E-state index in [0.717, 1.165) is 72.4 Å². The summed E-state index contributed by atoms with van der Waals surface area (Å²) in [7, 11) is 2.17. The van der Waals surface area contributed by atoms with Gasteiger partial charge in [0.15, 0.2) is 11.4 Å². The normalized spacial score (nSPS) is 19.6. The van der Waals surface area contributed by atoms with Crippen LogP contribution < -0.4 is 10.2 Å². The highest BCUT2D eigenvalue weighted by Gasteiger charge is 2.26. The molecule has 10 heteroatoms. The number of furan rings is 1. The number of ether oxygens (including phenoxy) is 1. The summed E-state index contributed by atoms with van der Waals surface area (Å²) in [5, 5.41) is 10.7. The molecule has 0 amide bonds. The van der Waals surface area contributed by atoms with Gasteiger partial charge in [0.25, 0.3) is 0 Å². The van der Waals surface area contributed by atoms with Crippen LogP contribution in [0.1, 0.15) is 24.5 Å². The summed E-state index contributed by atoms with van der Waals surface area (Å²) >= 11 is 0. The van der Waals surface area contributed by atoms with E-state index in [1.807, 2.05) is 18.2 Å². The summed E-state index contributed by atoms with van der Waals surface area (Å²) in [5.74, 6) is 3.39. The molecule has 176 valence electrons. The van der Waals surface area contributed by atoms with Crippen molar-refractivity contribution in [2.75, 3.05) is 56.7 Å². The van der Waals surface area contributed by atoms with E-state index in [-0.39, 0.29) is 0 Å². The van der Waals surface area contributed by atoms with E-state index < -0.39 is 0 Å². The van der Waals surface area contributed by atoms with Crippen LogP contribution in [0.5, 0.6) is 0 Å². The van der Waals surface area contributed by atoms with Crippen LogP contribution in [0.15, 0.2) is 41.1 Å². The summed E-state index contributed by atoms with van der Waals surface area (Å²) in [6.07, 6.45) is 5.81. The zero-order chi connectivity index (χ0) is 22.9. The molecule has 4 aromatic heterocycles. The largest absolute Gasteiger partial charge is 0.455 e. The van der Waals surface area contributed by atoms with Crippen molar-refractivity contribution >= 4 is 28.7 Å². The second kappa shape index (κ2) is 9.03. The molecule has 6 heterocycles. The maximum absolute atomic E-state index is 6.42. The molecule has 2 N–H and O–H groups in total. The first-order valence-electron chi connectivity index (χ1n) is 11.8. The number of rotatable bonds is 5. The van der Waals surface area contributed by atoms with Gasteiger partial charge < -0.3 is 24.3 Å². The van der Waals surface area contributed by atoms with Gasteiger partial charge in [-0.3, -0.25) is 10.1 Å². The molecule has 0 aromatic carbocycles. The van der Waals surface area contributed by atoms with Crippen molar-refractivity contribution in [3.8, 4) is 11.3 Å².